The molecule has 128 valence electrons. The van der Waals surface area contributed by atoms with E-state index in [2.05, 4.69) is 15.0 Å². The van der Waals surface area contributed by atoms with E-state index in [1.807, 2.05) is 6.92 Å². The van der Waals surface area contributed by atoms with Gasteiger partial charge in [0.15, 0.2) is 11.7 Å². The molecule has 2 amide bonds. The van der Waals surface area contributed by atoms with Gasteiger partial charge < -0.3 is 15.0 Å². The third-order valence-electron chi connectivity index (χ3n) is 3.33. The normalized spacial score (nSPS) is 16.3. The van der Waals surface area contributed by atoms with Crippen molar-refractivity contribution in [2.75, 3.05) is 25.0 Å². The van der Waals surface area contributed by atoms with Gasteiger partial charge in [-0.25, -0.2) is 9.78 Å². The Morgan fingerprint density at radius 2 is 2.09 bits per heavy atom. The van der Waals surface area contributed by atoms with Crippen molar-refractivity contribution < 1.29 is 27.5 Å². The van der Waals surface area contributed by atoms with Gasteiger partial charge in [-0.1, -0.05) is 0 Å². The van der Waals surface area contributed by atoms with Gasteiger partial charge in [0.2, 0.25) is 5.91 Å². The van der Waals surface area contributed by atoms with E-state index < -0.39 is 18.9 Å². The maximum Gasteiger partial charge on any atom is 0.422 e. The highest BCUT2D eigenvalue weighted by atomic mass is 32.1. The van der Waals surface area contributed by atoms with Gasteiger partial charge in [-0.3, -0.25) is 4.79 Å². The van der Waals surface area contributed by atoms with Gasteiger partial charge in [0, 0.05) is 30.1 Å². The van der Waals surface area contributed by atoms with Crippen LogP contribution in [0.4, 0.5) is 23.1 Å². The van der Waals surface area contributed by atoms with Crippen molar-refractivity contribution in [3.05, 3.63) is 11.1 Å². The molecule has 0 atom stereocenters. The molecular weight excluding hydrogens is 335 g/mol. The fourth-order valence-electron chi connectivity index (χ4n) is 2.18. The number of amides is 2. The summed E-state index contributed by atoms with van der Waals surface area (Å²) in [6, 6.07) is 0. The maximum atomic E-state index is 12.1. The van der Waals surface area contributed by atoms with Crippen molar-refractivity contribution in [2.45, 2.75) is 25.9 Å². The van der Waals surface area contributed by atoms with Crippen LogP contribution in [0, 0.1) is 12.8 Å². The zero-order valence-corrected chi connectivity index (χ0v) is 13.2. The van der Waals surface area contributed by atoms with E-state index in [1.165, 1.54) is 16.2 Å². The van der Waals surface area contributed by atoms with Gasteiger partial charge in [0.1, 0.15) is 0 Å². The van der Waals surface area contributed by atoms with Crippen LogP contribution in [0.3, 0.4) is 0 Å². The van der Waals surface area contributed by atoms with Crippen LogP contribution >= 0.6 is 11.3 Å². The summed E-state index contributed by atoms with van der Waals surface area (Å²) in [6.07, 6.45) is -3.15. The minimum Gasteiger partial charge on any atom is -0.440 e. The van der Waals surface area contributed by atoms with Crippen LogP contribution in [-0.2, 0) is 9.53 Å². The molecule has 1 saturated heterocycles. The van der Waals surface area contributed by atoms with E-state index in [9.17, 15) is 22.8 Å². The number of halogens is 3. The van der Waals surface area contributed by atoms with Crippen molar-refractivity contribution in [3.63, 3.8) is 0 Å². The van der Waals surface area contributed by atoms with Crippen LogP contribution in [-0.4, -0.2) is 47.8 Å². The number of aryl methyl sites for hydroxylation is 1. The number of nitrogens with zero attached hydrogens (tertiary/aromatic N) is 2. The quantitative estimate of drug-likeness (QED) is 0.909. The number of alkyl halides is 3. The second kappa shape index (κ2) is 7.16. The highest BCUT2D eigenvalue weighted by Gasteiger charge is 2.33. The smallest absolute Gasteiger partial charge is 0.422 e. The Bertz CT molecular complexity index is 568. The second-order valence-corrected chi connectivity index (χ2v) is 6.43. The molecule has 0 unspecified atom stereocenters. The second-order valence-electron chi connectivity index (χ2n) is 5.20. The number of hydrogen-bond donors (Lipinski definition) is 1. The third-order valence-corrected chi connectivity index (χ3v) is 4.16. The third kappa shape index (κ3) is 5.38. The average Bonchev–Trinajstić information content (AvgIpc) is 2.89. The van der Waals surface area contributed by atoms with Crippen molar-refractivity contribution in [2.24, 2.45) is 5.92 Å². The first-order chi connectivity index (χ1) is 10.7. The summed E-state index contributed by atoms with van der Waals surface area (Å²) in [4.78, 5) is 29.8. The number of hydrogen-bond acceptors (Lipinski definition) is 5. The number of likely N-dealkylation sites (tertiary alicyclic amines) is 1. The lowest BCUT2D eigenvalue weighted by atomic mass is 9.96. The fourth-order valence-corrected chi connectivity index (χ4v) is 2.85. The molecule has 10 heteroatoms. The summed E-state index contributed by atoms with van der Waals surface area (Å²) in [5.74, 6) is -0.492. The number of nitrogens with one attached hydrogen (secondary N) is 1. The molecule has 2 rings (SSSR count). The fraction of sp³-hybridized carbons (Fsp3) is 0.615. The monoisotopic (exact) mass is 351 g/mol. The van der Waals surface area contributed by atoms with Crippen molar-refractivity contribution in [3.8, 4) is 0 Å². The lowest BCUT2D eigenvalue weighted by Gasteiger charge is -2.30. The number of ether oxygens (including phenoxy) is 1. The Hall–Kier alpha value is -1.84. The van der Waals surface area contributed by atoms with Crippen LogP contribution in [0.1, 0.15) is 17.7 Å². The van der Waals surface area contributed by atoms with E-state index in [-0.39, 0.29) is 24.9 Å². The SMILES string of the molecule is Cc1cnc(NC(=O)C2CCN(C(=O)OCC(F)(F)F)CC2)s1. The summed E-state index contributed by atoms with van der Waals surface area (Å²) in [5.41, 5.74) is 0. The highest BCUT2D eigenvalue weighted by Crippen LogP contribution is 2.23. The first kappa shape index (κ1) is 17.5. The van der Waals surface area contributed by atoms with Gasteiger partial charge in [-0.15, -0.1) is 11.3 Å². The molecule has 6 nitrogen and oxygen atoms in total. The molecule has 1 fully saturated rings. The Kier molecular flexibility index (Phi) is 5.45. The Morgan fingerprint density at radius 3 is 2.61 bits per heavy atom. The standard InChI is InChI=1S/C13H16F3N3O3S/c1-8-6-17-11(23-8)18-10(20)9-2-4-19(5-3-9)12(21)22-7-13(14,15)16/h6,9H,2-5,7H2,1H3,(H,17,18,20). The summed E-state index contributed by atoms with van der Waals surface area (Å²) < 4.78 is 40.2. The summed E-state index contributed by atoms with van der Waals surface area (Å²) >= 11 is 1.36. The first-order valence-corrected chi connectivity index (χ1v) is 7.78. The molecule has 0 saturated carbocycles. The van der Waals surface area contributed by atoms with Crippen molar-refractivity contribution in [1.82, 2.24) is 9.88 Å². The Balaban J connectivity index is 1.77. The minimum atomic E-state index is -4.54. The molecule has 0 aromatic carbocycles. The van der Waals surface area contributed by atoms with E-state index >= 15 is 0 Å². The van der Waals surface area contributed by atoms with Crippen LogP contribution in [0.25, 0.3) is 0 Å². The lowest BCUT2D eigenvalue weighted by molar-refractivity contribution is -0.162. The van der Waals surface area contributed by atoms with Crippen molar-refractivity contribution in [1.29, 1.82) is 0 Å². The Labute approximate surface area is 134 Å². The molecule has 0 aliphatic carbocycles. The number of piperidine rings is 1. The summed E-state index contributed by atoms with van der Waals surface area (Å²) in [6.45, 7) is 0.644. The van der Waals surface area contributed by atoms with Gasteiger partial charge in [-0.05, 0) is 19.8 Å². The zero-order valence-electron chi connectivity index (χ0n) is 12.4. The number of rotatable bonds is 3. The first-order valence-electron chi connectivity index (χ1n) is 6.96. The van der Waals surface area contributed by atoms with Crippen LogP contribution < -0.4 is 5.32 Å². The molecule has 1 aromatic heterocycles. The summed E-state index contributed by atoms with van der Waals surface area (Å²) in [7, 11) is 0. The predicted octanol–water partition coefficient (Wildman–Crippen LogP) is 2.80. The predicted molar refractivity (Wildman–Crippen MR) is 77.2 cm³/mol. The number of thiazole rings is 1. The number of aromatic nitrogens is 1. The maximum absolute atomic E-state index is 12.1. The Morgan fingerprint density at radius 1 is 1.43 bits per heavy atom. The molecule has 23 heavy (non-hydrogen) atoms. The largest absolute Gasteiger partial charge is 0.440 e. The zero-order chi connectivity index (χ0) is 17.0. The lowest BCUT2D eigenvalue weighted by Crippen LogP contribution is -2.42. The van der Waals surface area contributed by atoms with Gasteiger partial charge in [0.05, 0.1) is 0 Å². The van der Waals surface area contributed by atoms with E-state index in [0.29, 0.717) is 18.0 Å². The number of carbonyl (C=O) groups excluding carboxylic acids is 2. The molecule has 0 radical (unpaired) electrons. The molecular formula is C13H16F3N3O3S. The molecule has 2 heterocycles. The van der Waals surface area contributed by atoms with Gasteiger partial charge in [-0.2, -0.15) is 13.2 Å². The van der Waals surface area contributed by atoms with E-state index in [4.69, 9.17) is 0 Å². The number of anilines is 1. The van der Waals surface area contributed by atoms with Crippen LogP contribution in [0.5, 0.6) is 0 Å². The number of carbonyl (C=O) groups is 2. The summed E-state index contributed by atoms with van der Waals surface area (Å²) in [5, 5.41) is 3.22. The molecule has 1 aliphatic heterocycles. The van der Waals surface area contributed by atoms with E-state index in [0.717, 1.165) is 4.88 Å². The van der Waals surface area contributed by atoms with Crippen LogP contribution in [0.2, 0.25) is 0 Å². The van der Waals surface area contributed by atoms with Gasteiger partial charge in [0.25, 0.3) is 0 Å². The minimum absolute atomic E-state index is 0.186. The van der Waals surface area contributed by atoms with Gasteiger partial charge >= 0.3 is 12.3 Å². The van der Waals surface area contributed by atoms with E-state index in [1.54, 1.807) is 6.20 Å². The molecule has 1 aromatic rings. The van der Waals surface area contributed by atoms with Crippen LogP contribution in [0.15, 0.2) is 6.20 Å². The molecule has 0 spiro atoms. The topological polar surface area (TPSA) is 71.5 Å². The molecule has 1 N–H and O–H groups in total. The molecule has 0 bridgehead atoms. The van der Waals surface area contributed by atoms with Crippen molar-refractivity contribution >= 4 is 28.5 Å². The highest BCUT2D eigenvalue weighted by molar-refractivity contribution is 7.15. The average molecular weight is 351 g/mol. The molecule has 1 aliphatic rings.